The van der Waals surface area contributed by atoms with E-state index in [1.807, 2.05) is 18.7 Å². The van der Waals surface area contributed by atoms with Crippen molar-refractivity contribution in [3.8, 4) is 6.07 Å². The molecule has 1 aliphatic carbocycles. The first-order valence-electron chi connectivity index (χ1n) is 6.60. The summed E-state index contributed by atoms with van der Waals surface area (Å²) in [5.74, 6) is 0.692. The van der Waals surface area contributed by atoms with Gasteiger partial charge in [0.05, 0.1) is 27.9 Å². The molecule has 0 N–H and O–H groups in total. The standard InChI is InChI=1S/C14H20ClN3/c1-4-11-5-6-14(7-11,9-16)8-12-13(15)10(2)17-18(12)3/h11H,4-8H2,1-3H3. The van der Waals surface area contributed by atoms with E-state index in [1.54, 1.807) is 0 Å². The molecule has 1 fully saturated rings. The third kappa shape index (κ3) is 2.27. The molecule has 0 aromatic carbocycles. The molecule has 1 saturated carbocycles. The molecular weight excluding hydrogens is 246 g/mol. The van der Waals surface area contributed by atoms with Crippen LogP contribution in [0.3, 0.4) is 0 Å². The maximum atomic E-state index is 9.56. The van der Waals surface area contributed by atoms with Gasteiger partial charge in [-0.1, -0.05) is 24.9 Å². The Morgan fingerprint density at radius 1 is 1.61 bits per heavy atom. The van der Waals surface area contributed by atoms with Gasteiger partial charge in [0, 0.05) is 13.5 Å². The molecule has 18 heavy (non-hydrogen) atoms. The average molecular weight is 266 g/mol. The van der Waals surface area contributed by atoms with Gasteiger partial charge in [-0.25, -0.2) is 0 Å². The monoisotopic (exact) mass is 265 g/mol. The Balaban J connectivity index is 2.24. The van der Waals surface area contributed by atoms with Gasteiger partial charge in [0.1, 0.15) is 0 Å². The Morgan fingerprint density at radius 3 is 2.78 bits per heavy atom. The van der Waals surface area contributed by atoms with Crippen molar-refractivity contribution >= 4 is 11.6 Å². The van der Waals surface area contributed by atoms with Gasteiger partial charge in [0.25, 0.3) is 0 Å². The summed E-state index contributed by atoms with van der Waals surface area (Å²) in [5.41, 5.74) is 1.63. The van der Waals surface area contributed by atoms with Crippen LogP contribution in [0.5, 0.6) is 0 Å². The highest BCUT2D eigenvalue weighted by Crippen LogP contribution is 2.45. The Bertz CT molecular complexity index is 486. The zero-order valence-corrected chi connectivity index (χ0v) is 12.1. The lowest BCUT2D eigenvalue weighted by atomic mass is 9.82. The Kier molecular flexibility index (Phi) is 3.68. The molecule has 3 nitrogen and oxygen atoms in total. The molecule has 0 spiro atoms. The van der Waals surface area contributed by atoms with Crippen LogP contribution in [0.4, 0.5) is 0 Å². The van der Waals surface area contributed by atoms with Gasteiger partial charge < -0.3 is 0 Å². The highest BCUT2D eigenvalue weighted by molar-refractivity contribution is 6.31. The third-order valence-electron chi connectivity index (χ3n) is 4.29. The van der Waals surface area contributed by atoms with Gasteiger partial charge >= 0.3 is 0 Å². The van der Waals surface area contributed by atoms with Crippen LogP contribution in [0, 0.1) is 29.6 Å². The third-order valence-corrected chi connectivity index (χ3v) is 4.78. The fourth-order valence-electron chi connectivity index (χ4n) is 3.08. The van der Waals surface area contributed by atoms with E-state index in [0.29, 0.717) is 5.92 Å². The predicted molar refractivity (Wildman–Crippen MR) is 72.3 cm³/mol. The maximum absolute atomic E-state index is 9.56. The van der Waals surface area contributed by atoms with Gasteiger partial charge in [-0.05, 0) is 32.1 Å². The van der Waals surface area contributed by atoms with Gasteiger partial charge in [-0.3, -0.25) is 4.68 Å². The van der Waals surface area contributed by atoms with Gasteiger partial charge in [-0.15, -0.1) is 0 Å². The molecule has 0 radical (unpaired) electrons. The number of hydrogen-bond donors (Lipinski definition) is 0. The largest absolute Gasteiger partial charge is 0.271 e. The molecule has 2 atom stereocenters. The van der Waals surface area contributed by atoms with Gasteiger partial charge in [0.15, 0.2) is 0 Å². The van der Waals surface area contributed by atoms with Crippen molar-refractivity contribution in [3.63, 3.8) is 0 Å². The van der Waals surface area contributed by atoms with Crippen LogP contribution in [0.1, 0.15) is 44.0 Å². The summed E-state index contributed by atoms with van der Waals surface area (Å²) in [6.07, 6.45) is 5.05. The van der Waals surface area contributed by atoms with E-state index in [9.17, 15) is 5.26 Å². The smallest absolute Gasteiger partial charge is 0.0847 e. The zero-order valence-electron chi connectivity index (χ0n) is 11.3. The normalized spacial score (nSPS) is 27.4. The van der Waals surface area contributed by atoms with Crippen LogP contribution < -0.4 is 0 Å². The van der Waals surface area contributed by atoms with E-state index in [-0.39, 0.29) is 5.41 Å². The summed E-state index contributed by atoms with van der Waals surface area (Å²) in [4.78, 5) is 0. The molecule has 0 aliphatic heterocycles. The SMILES string of the molecule is CCC1CCC(C#N)(Cc2c(Cl)c(C)nn2C)C1. The van der Waals surface area contributed by atoms with Crippen molar-refractivity contribution in [1.82, 2.24) is 9.78 Å². The molecule has 0 saturated heterocycles. The zero-order chi connectivity index (χ0) is 13.3. The minimum atomic E-state index is -0.232. The van der Waals surface area contributed by atoms with Crippen molar-refractivity contribution in [3.05, 3.63) is 16.4 Å². The molecule has 1 aromatic rings. The van der Waals surface area contributed by atoms with Gasteiger partial charge in [0.2, 0.25) is 0 Å². The summed E-state index contributed by atoms with van der Waals surface area (Å²) in [5, 5.41) is 14.6. The maximum Gasteiger partial charge on any atom is 0.0847 e. The lowest BCUT2D eigenvalue weighted by Gasteiger charge is -2.21. The second kappa shape index (κ2) is 4.93. The van der Waals surface area contributed by atoms with E-state index in [1.165, 1.54) is 12.8 Å². The lowest BCUT2D eigenvalue weighted by Crippen LogP contribution is -2.20. The van der Waals surface area contributed by atoms with E-state index < -0.39 is 0 Å². The molecule has 0 bridgehead atoms. The van der Waals surface area contributed by atoms with Crippen LogP contribution in [0.15, 0.2) is 0 Å². The fourth-order valence-corrected chi connectivity index (χ4v) is 3.31. The quantitative estimate of drug-likeness (QED) is 0.837. The molecule has 4 heteroatoms. The van der Waals surface area contributed by atoms with Crippen molar-refractivity contribution in [1.29, 1.82) is 5.26 Å². The molecule has 1 heterocycles. The summed E-state index contributed by atoms with van der Waals surface area (Å²) in [7, 11) is 1.91. The van der Waals surface area contributed by atoms with Crippen LogP contribution in [0.2, 0.25) is 5.02 Å². The van der Waals surface area contributed by atoms with E-state index in [0.717, 1.165) is 35.7 Å². The number of halogens is 1. The number of aryl methyl sites for hydroxylation is 2. The van der Waals surface area contributed by atoms with Crippen molar-refractivity contribution in [2.45, 2.75) is 46.0 Å². The summed E-state index contributed by atoms with van der Waals surface area (Å²) in [6, 6.07) is 2.55. The van der Waals surface area contributed by atoms with E-state index in [2.05, 4.69) is 18.1 Å². The Morgan fingerprint density at radius 2 is 2.33 bits per heavy atom. The molecular formula is C14H20ClN3. The summed E-state index contributed by atoms with van der Waals surface area (Å²) < 4.78 is 1.83. The number of nitriles is 1. The van der Waals surface area contributed by atoms with Crippen LogP contribution in [-0.4, -0.2) is 9.78 Å². The molecule has 0 amide bonds. The summed E-state index contributed by atoms with van der Waals surface area (Å²) >= 11 is 6.29. The number of nitrogens with zero attached hydrogens (tertiary/aromatic N) is 3. The van der Waals surface area contributed by atoms with Crippen LogP contribution >= 0.6 is 11.6 Å². The lowest BCUT2D eigenvalue weighted by molar-refractivity contribution is 0.371. The predicted octanol–water partition coefficient (Wildman–Crippen LogP) is 3.64. The minimum absolute atomic E-state index is 0.232. The highest BCUT2D eigenvalue weighted by atomic mass is 35.5. The van der Waals surface area contributed by atoms with Crippen molar-refractivity contribution in [2.75, 3.05) is 0 Å². The fraction of sp³-hybridized carbons (Fsp3) is 0.714. The number of hydrogen-bond acceptors (Lipinski definition) is 2. The van der Waals surface area contributed by atoms with E-state index >= 15 is 0 Å². The summed E-state index contributed by atoms with van der Waals surface area (Å²) in [6.45, 7) is 4.12. The Labute approximate surface area is 114 Å². The number of aromatic nitrogens is 2. The average Bonchev–Trinajstić information content (AvgIpc) is 2.88. The topological polar surface area (TPSA) is 41.6 Å². The minimum Gasteiger partial charge on any atom is -0.271 e. The number of rotatable bonds is 3. The Hall–Kier alpha value is -1.01. The first-order chi connectivity index (χ1) is 8.51. The second-order valence-electron chi connectivity index (χ2n) is 5.56. The van der Waals surface area contributed by atoms with Crippen molar-refractivity contribution < 1.29 is 0 Å². The molecule has 2 rings (SSSR count). The highest BCUT2D eigenvalue weighted by Gasteiger charge is 2.40. The van der Waals surface area contributed by atoms with Crippen molar-refractivity contribution in [2.24, 2.45) is 18.4 Å². The van der Waals surface area contributed by atoms with Gasteiger partial charge in [-0.2, -0.15) is 10.4 Å². The molecule has 98 valence electrons. The van der Waals surface area contributed by atoms with Crippen LogP contribution in [-0.2, 0) is 13.5 Å². The first kappa shape index (κ1) is 13.4. The molecule has 1 aromatic heterocycles. The first-order valence-corrected chi connectivity index (χ1v) is 6.98. The van der Waals surface area contributed by atoms with Crippen LogP contribution in [0.25, 0.3) is 0 Å². The molecule has 1 aliphatic rings. The molecule has 2 unspecified atom stereocenters. The second-order valence-corrected chi connectivity index (χ2v) is 5.93. The van der Waals surface area contributed by atoms with E-state index in [4.69, 9.17) is 11.6 Å².